The summed E-state index contributed by atoms with van der Waals surface area (Å²) in [7, 11) is -3.99. The smallest absolute Gasteiger partial charge is 0.339 e. The SMILES string of the molecule is CCc1ccc(N=Cc2cc(Br)ccc2OS(=O)(=O)c2ccc(Cl)cc2)cc1. The molecular weight excluding hydrogens is 462 g/mol. The molecule has 0 unspecified atom stereocenters. The fraction of sp³-hybridized carbons (Fsp3) is 0.0952. The molecular formula is C21H17BrClNO3S. The predicted octanol–water partition coefficient (Wildman–Crippen LogP) is 6.18. The summed E-state index contributed by atoms with van der Waals surface area (Å²) in [6.45, 7) is 2.09. The molecule has 0 saturated heterocycles. The van der Waals surface area contributed by atoms with Crippen LogP contribution in [0.5, 0.6) is 5.75 Å². The van der Waals surface area contributed by atoms with Gasteiger partial charge >= 0.3 is 10.1 Å². The lowest BCUT2D eigenvalue weighted by Gasteiger charge is -2.10. The fourth-order valence-electron chi connectivity index (χ4n) is 2.43. The van der Waals surface area contributed by atoms with Gasteiger partial charge in [-0.3, -0.25) is 4.99 Å². The van der Waals surface area contributed by atoms with E-state index in [0.717, 1.165) is 16.6 Å². The molecule has 0 heterocycles. The van der Waals surface area contributed by atoms with Gasteiger partial charge in [0.05, 0.1) is 5.69 Å². The monoisotopic (exact) mass is 477 g/mol. The van der Waals surface area contributed by atoms with Gasteiger partial charge in [-0.1, -0.05) is 46.6 Å². The molecule has 0 aromatic heterocycles. The van der Waals surface area contributed by atoms with Crippen molar-refractivity contribution in [1.29, 1.82) is 0 Å². The van der Waals surface area contributed by atoms with Crippen molar-refractivity contribution in [2.24, 2.45) is 4.99 Å². The Balaban J connectivity index is 1.89. The van der Waals surface area contributed by atoms with Crippen molar-refractivity contribution < 1.29 is 12.6 Å². The highest BCUT2D eigenvalue weighted by molar-refractivity contribution is 9.10. The molecule has 0 radical (unpaired) electrons. The van der Waals surface area contributed by atoms with Crippen LogP contribution in [0.15, 0.2) is 81.1 Å². The third-order valence-corrected chi connectivity index (χ3v) is 5.96. The molecule has 3 aromatic carbocycles. The maximum atomic E-state index is 12.6. The molecule has 0 aliphatic rings. The first-order valence-corrected chi connectivity index (χ1v) is 11.1. The molecule has 144 valence electrons. The Bertz CT molecular complexity index is 1100. The van der Waals surface area contributed by atoms with Crippen LogP contribution in [0, 0.1) is 0 Å². The highest BCUT2D eigenvalue weighted by Gasteiger charge is 2.18. The van der Waals surface area contributed by atoms with Gasteiger partial charge in [-0.2, -0.15) is 8.42 Å². The van der Waals surface area contributed by atoms with E-state index in [9.17, 15) is 8.42 Å². The lowest BCUT2D eigenvalue weighted by Crippen LogP contribution is -2.10. The molecule has 0 aliphatic carbocycles. The zero-order valence-electron chi connectivity index (χ0n) is 15.0. The largest absolute Gasteiger partial charge is 0.378 e. The number of hydrogen-bond donors (Lipinski definition) is 0. The Hall–Kier alpha value is -2.15. The van der Waals surface area contributed by atoms with Gasteiger partial charge in [0.15, 0.2) is 5.75 Å². The van der Waals surface area contributed by atoms with E-state index >= 15 is 0 Å². The number of aliphatic imine (C=N–C) groups is 1. The minimum absolute atomic E-state index is 0.0258. The average molecular weight is 479 g/mol. The summed E-state index contributed by atoms with van der Waals surface area (Å²) in [6.07, 6.45) is 2.54. The number of nitrogens with zero attached hydrogens (tertiary/aromatic N) is 1. The lowest BCUT2D eigenvalue weighted by molar-refractivity contribution is 0.485. The van der Waals surface area contributed by atoms with Crippen LogP contribution < -0.4 is 4.18 Å². The fourth-order valence-corrected chi connectivity index (χ4v) is 3.88. The van der Waals surface area contributed by atoms with Crippen molar-refractivity contribution in [3.8, 4) is 5.75 Å². The summed E-state index contributed by atoms with van der Waals surface area (Å²) >= 11 is 9.22. The first-order chi connectivity index (χ1) is 13.4. The number of halogens is 2. The molecule has 3 aromatic rings. The maximum absolute atomic E-state index is 12.6. The van der Waals surface area contributed by atoms with Crippen molar-refractivity contribution in [1.82, 2.24) is 0 Å². The standard InChI is InChI=1S/C21H17BrClNO3S/c1-2-15-3-8-19(9-4-15)24-14-16-13-17(22)5-12-21(16)27-28(25,26)20-10-6-18(23)7-11-20/h3-14H,2H2,1H3. The molecule has 28 heavy (non-hydrogen) atoms. The van der Waals surface area contributed by atoms with Crippen LogP contribution in [0.25, 0.3) is 0 Å². The van der Waals surface area contributed by atoms with E-state index in [1.165, 1.54) is 29.8 Å². The van der Waals surface area contributed by atoms with Crippen LogP contribution in [0.3, 0.4) is 0 Å². The van der Waals surface area contributed by atoms with E-state index in [0.29, 0.717) is 10.6 Å². The van der Waals surface area contributed by atoms with E-state index in [-0.39, 0.29) is 10.6 Å². The van der Waals surface area contributed by atoms with Gasteiger partial charge in [-0.05, 0) is 66.6 Å². The molecule has 0 atom stereocenters. The van der Waals surface area contributed by atoms with Gasteiger partial charge in [0.2, 0.25) is 0 Å². The molecule has 4 nitrogen and oxygen atoms in total. The number of rotatable bonds is 6. The van der Waals surface area contributed by atoms with E-state index in [2.05, 4.69) is 27.8 Å². The van der Waals surface area contributed by atoms with E-state index < -0.39 is 10.1 Å². The van der Waals surface area contributed by atoms with E-state index in [1.807, 2.05) is 24.3 Å². The average Bonchev–Trinajstić information content (AvgIpc) is 2.68. The van der Waals surface area contributed by atoms with Gasteiger partial charge in [0, 0.05) is 21.3 Å². The lowest BCUT2D eigenvalue weighted by atomic mass is 10.1. The second-order valence-electron chi connectivity index (χ2n) is 5.95. The zero-order chi connectivity index (χ0) is 20.1. The summed E-state index contributed by atoms with van der Waals surface area (Å²) in [5, 5.41) is 0.449. The molecule has 0 fully saturated rings. The van der Waals surface area contributed by atoms with Gasteiger partial charge < -0.3 is 4.18 Å². The summed E-state index contributed by atoms with van der Waals surface area (Å²) in [4.78, 5) is 4.46. The first-order valence-electron chi connectivity index (χ1n) is 8.50. The van der Waals surface area contributed by atoms with E-state index in [1.54, 1.807) is 24.4 Å². The van der Waals surface area contributed by atoms with Crippen LogP contribution >= 0.6 is 27.5 Å². The van der Waals surface area contributed by atoms with Gasteiger partial charge in [-0.25, -0.2) is 0 Å². The molecule has 0 bridgehead atoms. The normalized spacial score (nSPS) is 11.7. The number of benzene rings is 3. The molecule has 0 spiro atoms. The van der Waals surface area contributed by atoms with Crippen molar-refractivity contribution in [2.45, 2.75) is 18.2 Å². The van der Waals surface area contributed by atoms with Crippen molar-refractivity contribution >= 4 is 49.6 Å². The molecule has 0 saturated carbocycles. The second-order valence-corrected chi connectivity index (χ2v) is 8.85. The van der Waals surface area contributed by atoms with Crippen LogP contribution in [0.4, 0.5) is 5.69 Å². The highest BCUT2D eigenvalue weighted by atomic mass is 79.9. The Morgan fingerprint density at radius 3 is 2.36 bits per heavy atom. The maximum Gasteiger partial charge on any atom is 0.339 e. The van der Waals surface area contributed by atoms with Crippen LogP contribution in [-0.2, 0) is 16.5 Å². The van der Waals surface area contributed by atoms with Gasteiger partial charge in [-0.15, -0.1) is 0 Å². The second kappa shape index (κ2) is 8.90. The molecule has 0 aliphatic heterocycles. The zero-order valence-corrected chi connectivity index (χ0v) is 18.1. The minimum atomic E-state index is -3.99. The third kappa shape index (κ3) is 5.22. The van der Waals surface area contributed by atoms with Crippen molar-refractivity contribution in [3.63, 3.8) is 0 Å². The summed E-state index contributed by atoms with van der Waals surface area (Å²) in [5.41, 5.74) is 2.52. The van der Waals surface area contributed by atoms with Crippen molar-refractivity contribution in [3.05, 3.63) is 87.4 Å². The Morgan fingerprint density at radius 2 is 1.71 bits per heavy atom. The molecule has 0 amide bonds. The molecule has 3 rings (SSSR count). The van der Waals surface area contributed by atoms with Crippen molar-refractivity contribution in [2.75, 3.05) is 0 Å². The molecule has 7 heteroatoms. The Kier molecular flexibility index (Phi) is 6.54. The van der Waals surface area contributed by atoms with Crippen LogP contribution in [-0.4, -0.2) is 14.6 Å². The third-order valence-electron chi connectivity index (χ3n) is 3.97. The van der Waals surface area contributed by atoms with Crippen LogP contribution in [0.2, 0.25) is 5.02 Å². The Morgan fingerprint density at radius 1 is 1.04 bits per heavy atom. The highest BCUT2D eigenvalue weighted by Crippen LogP contribution is 2.26. The number of aryl methyl sites for hydroxylation is 1. The number of hydrogen-bond acceptors (Lipinski definition) is 4. The van der Waals surface area contributed by atoms with E-state index in [4.69, 9.17) is 15.8 Å². The van der Waals surface area contributed by atoms with Gasteiger partial charge in [0.1, 0.15) is 4.90 Å². The van der Waals surface area contributed by atoms with Gasteiger partial charge in [0.25, 0.3) is 0 Å². The quantitative estimate of drug-likeness (QED) is 0.314. The first kappa shape index (κ1) is 20.6. The minimum Gasteiger partial charge on any atom is -0.378 e. The summed E-state index contributed by atoms with van der Waals surface area (Å²) in [6, 6.07) is 18.7. The van der Waals surface area contributed by atoms with Crippen LogP contribution in [0.1, 0.15) is 18.1 Å². The summed E-state index contributed by atoms with van der Waals surface area (Å²) < 4.78 is 31.3. The molecule has 0 N–H and O–H groups in total. The Labute approximate surface area is 178 Å². The predicted molar refractivity (Wildman–Crippen MR) is 116 cm³/mol. The topological polar surface area (TPSA) is 55.7 Å². The summed E-state index contributed by atoms with van der Waals surface area (Å²) in [5.74, 6) is 0.187.